The fourth-order valence-corrected chi connectivity index (χ4v) is 2.78. The zero-order chi connectivity index (χ0) is 19.9. The molecule has 0 spiro atoms. The Labute approximate surface area is 164 Å². The van der Waals surface area contributed by atoms with Crippen molar-refractivity contribution in [2.45, 2.75) is 19.9 Å². The van der Waals surface area contributed by atoms with Crippen molar-refractivity contribution in [3.63, 3.8) is 0 Å². The Morgan fingerprint density at radius 2 is 1.68 bits per heavy atom. The first-order valence-corrected chi connectivity index (χ1v) is 9.29. The van der Waals surface area contributed by atoms with Crippen molar-refractivity contribution >= 4 is 29.1 Å². The maximum atomic E-state index is 12.4. The van der Waals surface area contributed by atoms with Crippen molar-refractivity contribution in [3.8, 4) is 0 Å². The van der Waals surface area contributed by atoms with Crippen LogP contribution in [0, 0.1) is 0 Å². The SMILES string of the molecule is CC(C)NC(=O)Nc1ccc(C(=O)Nc2ccc(N3CCOCC3)nc2)cc1. The molecular formula is C20H25N5O3. The van der Waals surface area contributed by atoms with Gasteiger partial charge in [0, 0.05) is 30.4 Å². The molecule has 1 aromatic heterocycles. The number of carbonyl (C=O) groups is 2. The number of amides is 3. The van der Waals surface area contributed by atoms with Gasteiger partial charge in [-0.1, -0.05) is 0 Å². The van der Waals surface area contributed by atoms with Gasteiger partial charge >= 0.3 is 6.03 Å². The second kappa shape index (κ2) is 9.18. The van der Waals surface area contributed by atoms with E-state index in [0.29, 0.717) is 30.2 Å². The van der Waals surface area contributed by atoms with Crippen LogP contribution in [-0.4, -0.2) is 49.3 Å². The number of pyridine rings is 1. The van der Waals surface area contributed by atoms with E-state index < -0.39 is 0 Å². The molecule has 1 aromatic carbocycles. The molecule has 8 heteroatoms. The maximum Gasteiger partial charge on any atom is 0.319 e. The minimum Gasteiger partial charge on any atom is -0.378 e. The monoisotopic (exact) mass is 383 g/mol. The molecule has 28 heavy (non-hydrogen) atoms. The lowest BCUT2D eigenvalue weighted by atomic mass is 10.2. The van der Waals surface area contributed by atoms with Crippen molar-refractivity contribution in [2.75, 3.05) is 41.8 Å². The van der Waals surface area contributed by atoms with Crippen molar-refractivity contribution in [3.05, 3.63) is 48.2 Å². The van der Waals surface area contributed by atoms with Gasteiger partial charge in [0.2, 0.25) is 0 Å². The molecular weight excluding hydrogens is 358 g/mol. The molecule has 1 aliphatic rings. The summed E-state index contributed by atoms with van der Waals surface area (Å²) in [5.74, 6) is 0.635. The summed E-state index contributed by atoms with van der Waals surface area (Å²) in [7, 11) is 0. The van der Waals surface area contributed by atoms with E-state index in [9.17, 15) is 9.59 Å². The van der Waals surface area contributed by atoms with Crippen LogP contribution in [0.15, 0.2) is 42.6 Å². The fraction of sp³-hybridized carbons (Fsp3) is 0.350. The van der Waals surface area contributed by atoms with Gasteiger partial charge in [0.05, 0.1) is 25.1 Å². The molecule has 2 heterocycles. The molecule has 0 bridgehead atoms. The van der Waals surface area contributed by atoms with Gasteiger partial charge in [-0.15, -0.1) is 0 Å². The quantitative estimate of drug-likeness (QED) is 0.738. The molecule has 8 nitrogen and oxygen atoms in total. The number of rotatable bonds is 5. The lowest BCUT2D eigenvalue weighted by molar-refractivity contribution is 0.102. The highest BCUT2D eigenvalue weighted by Gasteiger charge is 2.13. The Balaban J connectivity index is 1.56. The van der Waals surface area contributed by atoms with Crippen molar-refractivity contribution < 1.29 is 14.3 Å². The molecule has 3 rings (SSSR count). The zero-order valence-corrected chi connectivity index (χ0v) is 16.1. The van der Waals surface area contributed by atoms with Crippen LogP contribution in [0.3, 0.4) is 0 Å². The van der Waals surface area contributed by atoms with Crippen LogP contribution < -0.4 is 20.9 Å². The van der Waals surface area contributed by atoms with Crippen LogP contribution in [0.5, 0.6) is 0 Å². The Hall–Kier alpha value is -3.13. The smallest absolute Gasteiger partial charge is 0.319 e. The average Bonchev–Trinajstić information content (AvgIpc) is 2.69. The standard InChI is InChI=1S/C20H25N5O3/c1-14(2)22-20(27)24-16-5-3-15(4-6-16)19(26)23-17-7-8-18(21-13-17)25-9-11-28-12-10-25/h3-8,13-14H,9-12H2,1-2H3,(H,23,26)(H2,22,24,27). The van der Waals surface area contributed by atoms with E-state index in [-0.39, 0.29) is 18.0 Å². The largest absolute Gasteiger partial charge is 0.378 e. The predicted molar refractivity (Wildman–Crippen MR) is 109 cm³/mol. The lowest BCUT2D eigenvalue weighted by Crippen LogP contribution is -2.36. The van der Waals surface area contributed by atoms with Gasteiger partial charge in [-0.3, -0.25) is 4.79 Å². The summed E-state index contributed by atoms with van der Waals surface area (Å²) in [6.07, 6.45) is 1.65. The number of hydrogen-bond acceptors (Lipinski definition) is 5. The number of ether oxygens (including phenoxy) is 1. The summed E-state index contributed by atoms with van der Waals surface area (Å²) in [5, 5.41) is 8.29. The normalized spacial score (nSPS) is 13.9. The molecule has 1 aliphatic heterocycles. The van der Waals surface area contributed by atoms with Crippen LogP contribution in [-0.2, 0) is 4.74 Å². The highest BCUT2D eigenvalue weighted by molar-refractivity contribution is 6.04. The van der Waals surface area contributed by atoms with Gasteiger partial charge < -0.3 is 25.6 Å². The summed E-state index contributed by atoms with van der Waals surface area (Å²) in [5.41, 5.74) is 1.74. The molecule has 0 unspecified atom stereocenters. The van der Waals surface area contributed by atoms with E-state index in [2.05, 4.69) is 25.8 Å². The molecule has 3 N–H and O–H groups in total. The summed E-state index contributed by atoms with van der Waals surface area (Å²) >= 11 is 0. The Kier molecular flexibility index (Phi) is 6.44. The van der Waals surface area contributed by atoms with E-state index in [1.807, 2.05) is 26.0 Å². The summed E-state index contributed by atoms with van der Waals surface area (Å²) in [6.45, 7) is 6.79. The second-order valence-electron chi connectivity index (χ2n) is 6.79. The van der Waals surface area contributed by atoms with Gasteiger partial charge in [0.1, 0.15) is 5.82 Å². The number of morpholine rings is 1. The Bertz CT molecular complexity index is 800. The van der Waals surface area contributed by atoms with Gasteiger partial charge in [0.15, 0.2) is 0 Å². The molecule has 2 aromatic rings. The molecule has 0 radical (unpaired) electrons. The van der Waals surface area contributed by atoms with Crippen LogP contribution in [0.25, 0.3) is 0 Å². The summed E-state index contributed by atoms with van der Waals surface area (Å²) < 4.78 is 5.34. The molecule has 1 fully saturated rings. The number of hydrogen-bond donors (Lipinski definition) is 3. The number of urea groups is 1. The number of aromatic nitrogens is 1. The third-order valence-corrected chi connectivity index (χ3v) is 4.17. The topological polar surface area (TPSA) is 95.6 Å². The first-order chi connectivity index (χ1) is 13.5. The molecule has 148 valence electrons. The van der Waals surface area contributed by atoms with E-state index >= 15 is 0 Å². The number of anilines is 3. The number of nitrogens with zero attached hydrogens (tertiary/aromatic N) is 2. The lowest BCUT2D eigenvalue weighted by Gasteiger charge is -2.27. The van der Waals surface area contributed by atoms with E-state index in [4.69, 9.17) is 4.74 Å². The minimum atomic E-state index is -0.279. The summed E-state index contributed by atoms with van der Waals surface area (Å²) in [6, 6.07) is 10.2. The Morgan fingerprint density at radius 3 is 2.29 bits per heavy atom. The highest BCUT2D eigenvalue weighted by atomic mass is 16.5. The van der Waals surface area contributed by atoms with E-state index in [0.717, 1.165) is 18.9 Å². The van der Waals surface area contributed by atoms with Crippen LogP contribution >= 0.6 is 0 Å². The Morgan fingerprint density at radius 1 is 1.00 bits per heavy atom. The number of benzene rings is 1. The third kappa shape index (κ3) is 5.43. The minimum absolute atomic E-state index is 0.0493. The zero-order valence-electron chi connectivity index (χ0n) is 16.1. The van der Waals surface area contributed by atoms with Gasteiger partial charge in [0.25, 0.3) is 5.91 Å². The summed E-state index contributed by atoms with van der Waals surface area (Å²) in [4.78, 5) is 30.7. The molecule has 0 atom stereocenters. The fourth-order valence-electron chi connectivity index (χ4n) is 2.78. The molecule has 0 aliphatic carbocycles. The van der Waals surface area contributed by atoms with Crippen LogP contribution in [0.2, 0.25) is 0 Å². The molecule has 3 amide bonds. The van der Waals surface area contributed by atoms with Crippen molar-refractivity contribution in [2.24, 2.45) is 0 Å². The second-order valence-corrected chi connectivity index (χ2v) is 6.79. The highest BCUT2D eigenvalue weighted by Crippen LogP contribution is 2.17. The number of nitrogens with one attached hydrogen (secondary N) is 3. The van der Waals surface area contributed by atoms with E-state index in [1.54, 1.807) is 30.5 Å². The number of carbonyl (C=O) groups excluding carboxylic acids is 2. The van der Waals surface area contributed by atoms with Crippen molar-refractivity contribution in [1.29, 1.82) is 0 Å². The van der Waals surface area contributed by atoms with Crippen molar-refractivity contribution in [1.82, 2.24) is 10.3 Å². The predicted octanol–water partition coefficient (Wildman–Crippen LogP) is 2.70. The van der Waals surface area contributed by atoms with Gasteiger partial charge in [-0.2, -0.15) is 0 Å². The molecule has 0 saturated carbocycles. The molecule has 1 saturated heterocycles. The van der Waals surface area contributed by atoms with E-state index in [1.165, 1.54) is 0 Å². The first kappa shape index (κ1) is 19.6. The first-order valence-electron chi connectivity index (χ1n) is 9.29. The van der Waals surface area contributed by atoms with Gasteiger partial charge in [-0.25, -0.2) is 9.78 Å². The van der Waals surface area contributed by atoms with Crippen LogP contribution in [0.4, 0.5) is 22.0 Å². The van der Waals surface area contributed by atoms with Gasteiger partial charge in [-0.05, 0) is 50.2 Å². The third-order valence-electron chi connectivity index (χ3n) is 4.17. The maximum absolute atomic E-state index is 12.4. The average molecular weight is 383 g/mol. The van der Waals surface area contributed by atoms with Crippen LogP contribution in [0.1, 0.15) is 24.2 Å².